The SMILES string of the molecule is O=C(O)CCc1cccc(NC(=O)c2ccnn2C2CCCC2)c1. The quantitative estimate of drug-likeness (QED) is 0.853. The average molecular weight is 327 g/mol. The molecule has 6 heteroatoms. The van der Waals surface area contributed by atoms with Gasteiger partial charge in [-0.15, -0.1) is 0 Å². The van der Waals surface area contributed by atoms with Gasteiger partial charge < -0.3 is 10.4 Å². The van der Waals surface area contributed by atoms with Crippen LogP contribution >= 0.6 is 0 Å². The average Bonchev–Trinajstić information content (AvgIpc) is 3.23. The van der Waals surface area contributed by atoms with Gasteiger partial charge in [0.25, 0.3) is 5.91 Å². The second kappa shape index (κ2) is 7.29. The molecule has 6 nitrogen and oxygen atoms in total. The van der Waals surface area contributed by atoms with Crippen LogP contribution in [0.2, 0.25) is 0 Å². The topological polar surface area (TPSA) is 84.2 Å². The van der Waals surface area contributed by atoms with Crippen molar-refractivity contribution in [2.75, 3.05) is 5.32 Å². The number of benzene rings is 1. The maximum absolute atomic E-state index is 12.6. The maximum atomic E-state index is 12.6. The number of amides is 1. The summed E-state index contributed by atoms with van der Waals surface area (Å²) in [6.45, 7) is 0. The number of hydrogen-bond acceptors (Lipinski definition) is 3. The summed E-state index contributed by atoms with van der Waals surface area (Å²) < 4.78 is 1.83. The Morgan fingerprint density at radius 2 is 2.04 bits per heavy atom. The molecule has 1 amide bonds. The molecule has 1 heterocycles. The van der Waals surface area contributed by atoms with Gasteiger partial charge in [-0.25, -0.2) is 0 Å². The molecule has 1 aromatic carbocycles. The Morgan fingerprint density at radius 1 is 1.25 bits per heavy atom. The zero-order valence-electron chi connectivity index (χ0n) is 13.4. The zero-order valence-corrected chi connectivity index (χ0v) is 13.4. The molecule has 0 atom stereocenters. The van der Waals surface area contributed by atoms with Gasteiger partial charge in [-0.1, -0.05) is 25.0 Å². The standard InChI is InChI=1S/C18H21N3O3/c22-17(23)9-8-13-4-3-5-14(12-13)20-18(24)16-10-11-19-21(16)15-6-1-2-7-15/h3-5,10-12,15H,1-2,6-9H2,(H,20,24)(H,22,23). The van der Waals surface area contributed by atoms with Gasteiger partial charge in [0, 0.05) is 18.3 Å². The van der Waals surface area contributed by atoms with Crippen LogP contribution in [0.3, 0.4) is 0 Å². The molecule has 0 radical (unpaired) electrons. The van der Waals surface area contributed by atoms with Gasteiger partial charge in [-0.3, -0.25) is 14.3 Å². The minimum Gasteiger partial charge on any atom is -0.481 e. The monoisotopic (exact) mass is 327 g/mol. The molecule has 0 saturated heterocycles. The van der Waals surface area contributed by atoms with E-state index in [-0.39, 0.29) is 12.3 Å². The van der Waals surface area contributed by atoms with Crippen LogP contribution in [0.1, 0.15) is 54.2 Å². The van der Waals surface area contributed by atoms with E-state index in [1.54, 1.807) is 18.3 Å². The van der Waals surface area contributed by atoms with Crippen LogP contribution in [0.4, 0.5) is 5.69 Å². The maximum Gasteiger partial charge on any atom is 0.303 e. The van der Waals surface area contributed by atoms with Crippen LogP contribution in [-0.2, 0) is 11.2 Å². The minimum atomic E-state index is -0.829. The van der Waals surface area contributed by atoms with Crippen LogP contribution in [0, 0.1) is 0 Å². The number of aryl methyl sites for hydroxylation is 1. The summed E-state index contributed by atoms with van der Waals surface area (Å²) in [5.41, 5.74) is 2.12. The normalized spacial score (nSPS) is 14.7. The first kappa shape index (κ1) is 16.2. The van der Waals surface area contributed by atoms with Crippen molar-refractivity contribution in [3.8, 4) is 0 Å². The van der Waals surface area contributed by atoms with Gasteiger partial charge in [0.2, 0.25) is 0 Å². The molecule has 1 aliphatic carbocycles. The third-order valence-electron chi connectivity index (χ3n) is 4.39. The number of aromatic nitrogens is 2. The molecule has 1 fully saturated rings. The highest BCUT2D eigenvalue weighted by atomic mass is 16.4. The molecular formula is C18H21N3O3. The van der Waals surface area contributed by atoms with Crippen molar-refractivity contribution in [2.24, 2.45) is 0 Å². The molecule has 0 spiro atoms. The fourth-order valence-corrected chi connectivity index (χ4v) is 3.18. The van der Waals surface area contributed by atoms with E-state index in [1.165, 1.54) is 12.8 Å². The molecule has 1 aromatic heterocycles. The summed E-state index contributed by atoms with van der Waals surface area (Å²) in [5.74, 6) is -1.01. The van der Waals surface area contributed by atoms with E-state index < -0.39 is 5.97 Å². The van der Waals surface area contributed by atoms with Gasteiger partial charge in [-0.05, 0) is 43.0 Å². The predicted octanol–water partition coefficient (Wildman–Crippen LogP) is 3.27. The lowest BCUT2D eigenvalue weighted by Crippen LogP contribution is -2.20. The van der Waals surface area contributed by atoms with Crippen LogP contribution < -0.4 is 5.32 Å². The highest BCUT2D eigenvalue weighted by molar-refractivity contribution is 6.03. The van der Waals surface area contributed by atoms with E-state index in [4.69, 9.17) is 5.11 Å². The second-order valence-electron chi connectivity index (χ2n) is 6.15. The third-order valence-corrected chi connectivity index (χ3v) is 4.39. The zero-order chi connectivity index (χ0) is 16.9. The summed E-state index contributed by atoms with van der Waals surface area (Å²) in [6.07, 6.45) is 6.66. The number of nitrogens with one attached hydrogen (secondary N) is 1. The summed E-state index contributed by atoms with van der Waals surface area (Å²) in [6, 6.07) is 9.35. The van der Waals surface area contributed by atoms with Crippen molar-refractivity contribution in [3.63, 3.8) is 0 Å². The summed E-state index contributed by atoms with van der Waals surface area (Å²) in [5, 5.41) is 16.0. The number of rotatable bonds is 6. The Labute approximate surface area is 140 Å². The number of carboxylic acid groups (broad SMARTS) is 1. The second-order valence-corrected chi connectivity index (χ2v) is 6.15. The van der Waals surface area contributed by atoms with Crippen LogP contribution in [0.15, 0.2) is 36.5 Å². The molecule has 3 rings (SSSR count). The Bertz CT molecular complexity index is 733. The van der Waals surface area contributed by atoms with Crippen molar-refractivity contribution in [1.29, 1.82) is 0 Å². The van der Waals surface area contributed by atoms with E-state index in [9.17, 15) is 9.59 Å². The van der Waals surface area contributed by atoms with E-state index >= 15 is 0 Å². The highest BCUT2D eigenvalue weighted by Crippen LogP contribution is 2.30. The molecule has 0 bridgehead atoms. The van der Waals surface area contributed by atoms with Gasteiger partial charge in [0.1, 0.15) is 5.69 Å². The number of carbonyl (C=O) groups excluding carboxylic acids is 1. The van der Waals surface area contributed by atoms with Gasteiger partial charge >= 0.3 is 5.97 Å². The minimum absolute atomic E-state index is 0.0752. The molecule has 2 N–H and O–H groups in total. The van der Waals surface area contributed by atoms with E-state index in [0.29, 0.717) is 23.8 Å². The van der Waals surface area contributed by atoms with Crippen LogP contribution in [-0.4, -0.2) is 26.8 Å². The number of anilines is 1. The first-order valence-corrected chi connectivity index (χ1v) is 8.29. The summed E-state index contributed by atoms with van der Waals surface area (Å²) >= 11 is 0. The van der Waals surface area contributed by atoms with E-state index in [1.807, 2.05) is 22.9 Å². The molecule has 24 heavy (non-hydrogen) atoms. The predicted molar refractivity (Wildman–Crippen MR) is 90.1 cm³/mol. The Balaban J connectivity index is 1.70. The molecule has 0 unspecified atom stereocenters. The Kier molecular flexibility index (Phi) is 4.93. The molecule has 1 aliphatic rings. The van der Waals surface area contributed by atoms with E-state index in [2.05, 4.69) is 10.4 Å². The number of carboxylic acids is 1. The lowest BCUT2D eigenvalue weighted by atomic mass is 10.1. The van der Waals surface area contributed by atoms with Crippen molar-refractivity contribution in [3.05, 3.63) is 47.8 Å². The largest absolute Gasteiger partial charge is 0.481 e. The molecular weight excluding hydrogens is 306 g/mol. The first-order chi connectivity index (χ1) is 11.6. The fourth-order valence-electron chi connectivity index (χ4n) is 3.18. The number of aliphatic carboxylic acids is 1. The summed E-state index contributed by atoms with van der Waals surface area (Å²) in [7, 11) is 0. The molecule has 0 aliphatic heterocycles. The third kappa shape index (κ3) is 3.82. The van der Waals surface area contributed by atoms with E-state index in [0.717, 1.165) is 18.4 Å². The van der Waals surface area contributed by atoms with Gasteiger partial charge in [0.15, 0.2) is 0 Å². The van der Waals surface area contributed by atoms with Crippen molar-refractivity contribution >= 4 is 17.6 Å². The van der Waals surface area contributed by atoms with Crippen molar-refractivity contribution < 1.29 is 14.7 Å². The number of hydrogen-bond donors (Lipinski definition) is 2. The number of nitrogens with zero attached hydrogens (tertiary/aromatic N) is 2. The van der Waals surface area contributed by atoms with Gasteiger partial charge in [0.05, 0.1) is 6.04 Å². The number of carbonyl (C=O) groups is 2. The fraction of sp³-hybridized carbons (Fsp3) is 0.389. The Morgan fingerprint density at radius 3 is 2.79 bits per heavy atom. The molecule has 126 valence electrons. The Hall–Kier alpha value is -2.63. The van der Waals surface area contributed by atoms with Gasteiger partial charge in [-0.2, -0.15) is 5.10 Å². The van der Waals surface area contributed by atoms with Crippen LogP contribution in [0.25, 0.3) is 0 Å². The van der Waals surface area contributed by atoms with Crippen LogP contribution in [0.5, 0.6) is 0 Å². The molecule has 2 aromatic rings. The van der Waals surface area contributed by atoms with Crippen molar-refractivity contribution in [2.45, 2.75) is 44.6 Å². The lowest BCUT2D eigenvalue weighted by Gasteiger charge is -2.14. The first-order valence-electron chi connectivity index (χ1n) is 8.29. The molecule has 1 saturated carbocycles. The highest BCUT2D eigenvalue weighted by Gasteiger charge is 2.22. The van der Waals surface area contributed by atoms with Crippen molar-refractivity contribution in [1.82, 2.24) is 9.78 Å². The summed E-state index contributed by atoms with van der Waals surface area (Å²) in [4.78, 5) is 23.2. The smallest absolute Gasteiger partial charge is 0.303 e. The lowest BCUT2D eigenvalue weighted by molar-refractivity contribution is -0.136.